The van der Waals surface area contributed by atoms with Crippen molar-refractivity contribution >= 4 is 12.0 Å². The van der Waals surface area contributed by atoms with Crippen molar-refractivity contribution in [2.45, 2.75) is 39.8 Å². The zero-order valence-corrected chi connectivity index (χ0v) is 12.0. The first-order chi connectivity index (χ1) is 9.06. The number of benzene rings is 1. The second-order valence-electron chi connectivity index (χ2n) is 4.74. The topological polar surface area (TPSA) is 40.5 Å². The molecule has 0 saturated carbocycles. The Kier molecular flexibility index (Phi) is 6.30. The summed E-state index contributed by atoms with van der Waals surface area (Å²) in [5.41, 5.74) is 2.15. The molecule has 1 unspecified atom stereocenters. The highest BCUT2D eigenvalue weighted by molar-refractivity contribution is 5.85. The molecule has 104 valence electrons. The first-order valence-electron chi connectivity index (χ1n) is 6.80. The Hall–Kier alpha value is -1.61. The van der Waals surface area contributed by atoms with Gasteiger partial charge in [-0.3, -0.25) is 4.90 Å². The van der Waals surface area contributed by atoms with Crippen LogP contribution in [0.25, 0.3) is 6.08 Å². The SMILES string of the molecule is CCC(C)N(CC)Cc1cccc(/C=C/C(=O)O)c1. The van der Waals surface area contributed by atoms with E-state index in [1.54, 1.807) is 6.08 Å². The molecular formula is C16H23NO2. The first-order valence-corrected chi connectivity index (χ1v) is 6.80. The van der Waals surface area contributed by atoms with Gasteiger partial charge < -0.3 is 5.11 Å². The van der Waals surface area contributed by atoms with E-state index in [1.165, 1.54) is 11.6 Å². The van der Waals surface area contributed by atoms with E-state index in [0.717, 1.165) is 25.1 Å². The summed E-state index contributed by atoms with van der Waals surface area (Å²) in [5.74, 6) is -0.916. The van der Waals surface area contributed by atoms with Gasteiger partial charge in [-0.05, 0) is 37.1 Å². The fourth-order valence-electron chi connectivity index (χ4n) is 2.03. The molecule has 0 saturated heterocycles. The lowest BCUT2D eigenvalue weighted by molar-refractivity contribution is -0.131. The van der Waals surface area contributed by atoms with Gasteiger partial charge in [0, 0.05) is 18.7 Å². The number of hydrogen-bond acceptors (Lipinski definition) is 2. The van der Waals surface area contributed by atoms with Crippen LogP contribution in [0.1, 0.15) is 38.3 Å². The van der Waals surface area contributed by atoms with E-state index >= 15 is 0 Å². The second kappa shape index (κ2) is 7.74. The summed E-state index contributed by atoms with van der Waals surface area (Å²) in [6.07, 6.45) is 3.93. The van der Waals surface area contributed by atoms with E-state index in [2.05, 4.69) is 31.7 Å². The van der Waals surface area contributed by atoms with Gasteiger partial charge in [-0.25, -0.2) is 4.79 Å². The van der Waals surface area contributed by atoms with E-state index < -0.39 is 5.97 Å². The van der Waals surface area contributed by atoms with Crippen LogP contribution < -0.4 is 0 Å². The minimum absolute atomic E-state index is 0.559. The number of carbonyl (C=O) groups is 1. The molecule has 19 heavy (non-hydrogen) atoms. The number of aliphatic carboxylic acids is 1. The maximum absolute atomic E-state index is 10.5. The van der Waals surface area contributed by atoms with E-state index in [9.17, 15) is 4.79 Å². The molecule has 1 atom stereocenters. The summed E-state index contributed by atoms with van der Waals surface area (Å²) >= 11 is 0. The molecular weight excluding hydrogens is 238 g/mol. The number of rotatable bonds is 7. The summed E-state index contributed by atoms with van der Waals surface area (Å²) in [7, 11) is 0. The molecule has 0 spiro atoms. The molecule has 0 aliphatic carbocycles. The lowest BCUT2D eigenvalue weighted by Crippen LogP contribution is -2.31. The molecule has 0 aromatic heterocycles. The zero-order valence-electron chi connectivity index (χ0n) is 12.0. The summed E-state index contributed by atoms with van der Waals surface area (Å²) in [4.78, 5) is 12.9. The maximum atomic E-state index is 10.5. The summed E-state index contributed by atoms with van der Waals surface area (Å²) in [6.45, 7) is 8.52. The van der Waals surface area contributed by atoms with Gasteiger partial charge in [0.05, 0.1) is 0 Å². The van der Waals surface area contributed by atoms with Gasteiger partial charge in [0.25, 0.3) is 0 Å². The zero-order chi connectivity index (χ0) is 14.3. The predicted molar refractivity (Wildman–Crippen MR) is 78.9 cm³/mol. The molecule has 1 rings (SSSR count). The fourth-order valence-corrected chi connectivity index (χ4v) is 2.03. The maximum Gasteiger partial charge on any atom is 0.328 e. The highest BCUT2D eigenvalue weighted by atomic mass is 16.4. The van der Waals surface area contributed by atoms with Crippen LogP contribution in [0.3, 0.4) is 0 Å². The lowest BCUT2D eigenvalue weighted by atomic mass is 10.1. The molecule has 0 bridgehead atoms. The van der Waals surface area contributed by atoms with E-state index in [0.29, 0.717) is 6.04 Å². The summed E-state index contributed by atoms with van der Waals surface area (Å²) in [6, 6.07) is 8.58. The van der Waals surface area contributed by atoms with Crippen molar-refractivity contribution in [2.24, 2.45) is 0 Å². The molecule has 0 radical (unpaired) electrons. The monoisotopic (exact) mass is 261 g/mol. The number of nitrogens with zero attached hydrogens (tertiary/aromatic N) is 1. The molecule has 0 amide bonds. The van der Waals surface area contributed by atoms with Crippen LogP contribution in [0.4, 0.5) is 0 Å². The van der Waals surface area contributed by atoms with Gasteiger partial charge in [0.15, 0.2) is 0 Å². The van der Waals surface area contributed by atoms with Gasteiger partial charge in [-0.1, -0.05) is 38.1 Å². The van der Waals surface area contributed by atoms with Gasteiger partial charge in [-0.2, -0.15) is 0 Å². The van der Waals surface area contributed by atoms with Gasteiger partial charge >= 0.3 is 5.97 Å². The van der Waals surface area contributed by atoms with Crippen molar-refractivity contribution < 1.29 is 9.90 Å². The van der Waals surface area contributed by atoms with E-state index in [1.807, 2.05) is 18.2 Å². The Labute approximate surface area is 115 Å². The average Bonchev–Trinajstić information content (AvgIpc) is 2.42. The van der Waals surface area contributed by atoms with Crippen LogP contribution in [0.2, 0.25) is 0 Å². The average molecular weight is 261 g/mol. The Morgan fingerprint density at radius 3 is 2.74 bits per heavy atom. The molecule has 0 heterocycles. The minimum Gasteiger partial charge on any atom is -0.478 e. The Morgan fingerprint density at radius 1 is 1.42 bits per heavy atom. The largest absolute Gasteiger partial charge is 0.478 e. The molecule has 3 nitrogen and oxygen atoms in total. The molecule has 3 heteroatoms. The normalized spacial score (nSPS) is 13.1. The molecule has 1 aromatic carbocycles. The van der Waals surface area contributed by atoms with E-state index in [4.69, 9.17) is 5.11 Å². The Morgan fingerprint density at radius 2 is 2.16 bits per heavy atom. The minimum atomic E-state index is -0.916. The van der Waals surface area contributed by atoms with Crippen LogP contribution in [0.15, 0.2) is 30.3 Å². The van der Waals surface area contributed by atoms with Crippen molar-refractivity contribution in [3.8, 4) is 0 Å². The highest BCUT2D eigenvalue weighted by Crippen LogP contribution is 2.13. The first kappa shape index (κ1) is 15.4. The van der Waals surface area contributed by atoms with Gasteiger partial charge in [0.1, 0.15) is 0 Å². The second-order valence-corrected chi connectivity index (χ2v) is 4.74. The third-order valence-electron chi connectivity index (χ3n) is 3.38. The number of carboxylic acids is 1. The third-order valence-corrected chi connectivity index (χ3v) is 3.38. The van der Waals surface area contributed by atoms with Crippen LogP contribution in [0, 0.1) is 0 Å². The van der Waals surface area contributed by atoms with Crippen molar-refractivity contribution in [2.75, 3.05) is 6.54 Å². The van der Waals surface area contributed by atoms with Crippen molar-refractivity contribution in [3.63, 3.8) is 0 Å². The predicted octanol–water partition coefficient (Wildman–Crippen LogP) is 3.40. The van der Waals surface area contributed by atoms with Crippen LogP contribution in [-0.4, -0.2) is 28.6 Å². The van der Waals surface area contributed by atoms with Crippen molar-refractivity contribution in [1.82, 2.24) is 4.90 Å². The van der Waals surface area contributed by atoms with E-state index in [-0.39, 0.29) is 0 Å². The van der Waals surface area contributed by atoms with Crippen molar-refractivity contribution in [3.05, 3.63) is 41.5 Å². The van der Waals surface area contributed by atoms with Crippen LogP contribution in [0.5, 0.6) is 0 Å². The molecule has 0 aliphatic heterocycles. The quantitative estimate of drug-likeness (QED) is 0.765. The highest BCUT2D eigenvalue weighted by Gasteiger charge is 2.10. The lowest BCUT2D eigenvalue weighted by Gasteiger charge is -2.27. The number of hydrogen-bond donors (Lipinski definition) is 1. The van der Waals surface area contributed by atoms with Gasteiger partial charge in [-0.15, -0.1) is 0 Å². The van der Waals surface area contributed by atoms with Gasteiger partial charge in [0.2, 0.25) is 0 Å². The van der Waals surface area contributed by atoms with Crippen LogP contribution >= 0.6 is 0 Å². The Balaban J connectivity index is 2.78. The molecule has 1 aromatic rings. The van der Waals surface area contributed by atoms with Crippen LogP contribution in [-0.2, 0) is 11.3 Å². The summed E-state index contributed by atoms with van der Waals surface area (Å²) in [5, 5.41) is 8.64. The van der Waals surface area contributed by atoms with Crippen molar-refractivity contribution in [1.29, 1.82) is 0 Å². The molecule has 0 fully saturated rings. The standard InChI is InChI=1S/C16H23NO2/c1-4-13(3)17(5-2)12-15-8-6-7-14(11-15)9-10-16(18)19/h6-11,13H,4-5,12H2,1-3H3,(H,18,19)/b10-9+. The molecule has 0 aliphatic rings. The number of carboxylic acid groups (broad SMARTS) is 1. The molecule has 1 N–H and O–H groups in total. The Bertz CT molecular complexity index is 440. The fraction of sp³-hybridized carbons (Fsp3) is 0.438. The smallest absolute Gasteiger partial charge is 0.328 e. The summed E-state index contributed by atoms with van der Waals surface area (Å²) < 4.78 is 0. The third kappa shape index (κ3) is 5.26.